The summed E-state index contributed by atoms with van der Waals surface area (Å²) in [6.45, 7) is 0. The van der Waals surface area contributed by atoms with Gasteiger partial charge in [-0.1, -0.05) is 0 Å². The maximum atomic E-state index is 11.8. The van der Waals surface area contributed by atoms with Crippen LogP contribution >= 0.6 is 15.9 Å². The van der Waals surface area contributed by atoms with Crippen molar-refractivity contribution in [3.8, 4) is 0 Å². The van der Waals surface area contributed by atoms with Gasteiger partial charge in [-0.2, -0.15) is 0 Å². The summed E-state index contributed by atoms with van der Waals surface area (Å²) < 4.78 is 5.58. The molecule has 19 heavy (non-hydrogen) atoms. The van der Waals surface area contributed by atoms with Crippen LogP contribution in [-0.4, -0.2) is 17.1 Å². The van der Waals surface area contributed by atoms with Gasteiger partial charge in [-0.3, -0.25) is 10.1 Å². The lowest BCUT2D eigenvalue weighted by Crippen LogP contribution is -2.11. The largest absolute Gasteiger partial charge is 0.465 e. The first kappa shape index (κ1) is 13.2. The third-order valence-corrected chi connectivity index (χ3v) is 2.62. The molecule has 0 unspecified atom stereocenters. The lowest BCUT2D eigenvalue weighted by atomic mass is 10.2. The molecular weight excluding hydrogens is 316 g/mol. The molecule has 0 aliphatic heterocycles. The standard InChI is InChI=1S/C12H9BrN2O4/c13-10-6-5-9(19-10)11(16)14-7-1-3-8(4-2-7)15-12(17)18/h1-6,15H,(H,14,16)(H,17,18). The van der Waals surface area contributed by atoms with E-state index < -0.39 is 6.09 Å². The Bertz CT molecular complexity index is 606. The molecule has 0 radical (unpaired) electrons. The normalized spacial score (nSPS) is 9.95. The number of carbonyl (C=O) groups is 2. The number of carboxylic acid groups (broad SMARTS) is 1. The molecule has 1 heterocycles. The number of benzene rings is 1. The molecule has 0 aliphatic rings. The molecule has 0 spiro atoms. The van der Waals surface area contributed by atoms with E-state index in [4.69, 9.17) is 9.52 Å². The van der Waals surface area contributed by atoms with Gasteiger partial charge in [0.05, 0.1) is 0 Å². The van der Waals surface area contributed by atoms with E-state index >= 15 is 0 Å². The van der Waals surface area contributed by atoms with Crippen molar-refractivity contribution < 1.29 is 19.1 Å². The fourth-order valence-electron chi connectivity index (χ4n) is 1.39. The average Bonchev–Trinajstić information content (AvgIpc) is 2.78. The minimum Gasteiger partial charge on any atom is -0.465 e. The first-order chi connectivity index (χ1) is 9.04. The first-order valence-electron chi connectivity index (χ1n) is 5.21. The van der Waals surface area contributed by atoms with Crippen molar-refractivity contribution in [1.82, 2.24) is 0 Å². The summed E-state index contributed by atoms with van der Waals surface area (Å²) in [5, 5.41) is 13.4. The van der Waals surface area contributed by atoms with E-state index in [-0.39, 0.29) is 11.7 Å². The monoisotopic (exact) mass is 324 g/mol. The van der Waals surface area contributed by atoms with Crippen molar-refractivity contribution in [3.63, 3.8) is 0 Å². The molecule has 0 saturated carbocycles. The van der Waals surface area contributed by atoms with E-state index in [1.807, 2.05) is 0 Å². The third-order valence-electron chi connectivity index (χ3n) is 2.19. The fraction of sp³-hybridized carbons (Fsp3) is 0. The Morgan fingerprint density at radius 3 is 2.05 bits per heavy atom. The lowest BCUT2D eigenvalue weighted by molar-refractivity contribution is 0.0995. The molecule has 3 N–H and O–H groups in total. The van der Waals surface area contributed by atoms with Gasteiger partial charge in [0.2, 0.25) is 0 Å². The highest BCUT2D eigenvalue weighted by molar-refractivity contribution is 9.10. The van der Waals surface area contributed by atoms with Crippen LogP contribution in [0.4, 0.5) is 16.2 Å². The number of amides is 2. The number of hydrogen-bond acceptors (Lipinski definition) is 3. The Kier molecular flexibility index (Phi) is 3.86. The van der Waals surface area contributed by atoms with E-state index in [1.54, 1.807) is 36.4 Å². The van der Waals surface area contributed by atoms with Gasteiger partial charge in [0.1, 0.15) is 0 Å². The van der Waals surface area contributed by atoms with E-state index in [0.717, 1.165) is 0 Å². The van der Waals surface area contributed by atoms with Crippen molar-refractivity contribution in [2.45, 2.75) is 0 Å². The van der Waals surface area contributed by atoms with Gasteiger partial charge in [-0.05, 0) is 52.3 Å². The van der Waals surface area contributed by atoms with Gasteiger partial charge < -0.3 is 14.8 Å². The Hall–Kier alpha value is -2.28. The van der Waals surface area contributed by atoms with Crippen molar-refractivity contribution in [3.05, 3.63) is 46.8 Å². The molecule has 2 aromatic rings. The molecule has 2 amide bonds. The Labute approximate surface area is 116 Å². The summed E-state index contributed by atoms with van der Waals surface area (Å²) in [5.41, 5.74) is 0.958. The molecule has 0 fully saturated rings. The molecule has 0 aliphatic carbocycles. The van der Waals surface area contributed by atoms with Crippen LogP contribution in [0, 0.1) is 0 Å². The number of furan rings is 1. The summed E-state index contributed by atoms with van der Waals surface area (Å²) in [5.74, 6) is -0.204. The highest BCUT2D eigenvalue weighted by Gasteiger charge is 2.10. The number of halogens is 1. The molecule has 98 valence electrons. The molecule has 6 nitrogen and oxygen atoms in total. The molecule has 2 rings (SSSR count). The molecule has 1 aromatic carbocycles. The number of nitrogens with one attached hydrogen (secondary N) is 2. The van der Waals surface area contributed by atoms with E-state index in [9.17, 15) is 9.59 Å². The maximum absolute atomic E-state index is 11.8. The summed E-state index contributed by atoms with van der Waals surface area (Å²) in [6, 6.07) is 9.42. The predicted octanol–water partition coefficient (Wildman–Crippen LogP) is 3.38. The maximum Gasteiger partial charge on any atom is 0.409 e. The summed E-state index contributed by atoms with van der Waals surface area (Å²) in [7, 11) is 0. The molecule has 0 bridgehead atoms. The summed E-state index contributed by atoms with van der Waals surface area (Å²) in [4.78, 5) is 22.2. The van der Waals surface area contributed by atoms with Crippen LogP contribution in [0.15, 0.2) is 45.5 Å². The van der Waals surface area contributed by atoms with Crippen LogP contribution in [0.1, 0.15) is 10.6 Å². The zero-order chi connectivity index (χ0) is 13.8. The zero-order valence-electron chi connectivity index (χ0n) is 9.51. The Morgan fingerprint density at radius 2 is 1.58 bits per heavy atom. The van der Waals surface area contributed by atoms with Crippen molar-refractivity contribution in [1.29, 1.82) is 0 Å². The number of rotatable bonds is 3. The van der Waals surface area contributed by atoms with Crippen LogP contribution in [0.3, 0.4) is 0 Å². The number of hydrogen-bond donors (Lipinski definition) is 3. The van der Waals surface area contributed by atoms with E-state index in [0.29, 0.717) is 16.0 Å². The van der Waals surface area contributed by atoms with Gasteiger partial charge in [0, 0.05) is 11.4 Å². The highest BCUT2D eigenvalue weighted by Crippen LogP contribution is 2.17. The first-order valence-corrected chi connectivity index (χ1v) is 6.00. The number of anilines is 2. The minimum absolute atomic E-state index is 0.180. The van der Waals surface area contributed by atoms with Gasteiger partial charge >= 0.3 is 6.09 Å². The minimum atomic E-state index is -1.14. The van der Waals surface area contributed by atoms with E-state index in [1.165, 1.54) is 0 Å². The second-order valence-corrected chi connectivity index (χ2v) is 4.35. The third kappa shape index (κ3) is 3.59. The predicted molar refractivity (Wildman–Crippen MR) is 72.5 cm³/mol. The van der Waals surface area contributed by atoms with Crippen LogP contribution in [0.25, 0.3) is 0 Å². The van der Waals surface area contributed by atoms with Gasteiger partial charge in [0.25, 0.3) is 5.91 Å². The molecule has 0 atom stereocenters. The smallest absolute Gasteiger partial charge is 0.409 e. The fourth-order valence-corrected chi connectivity index (χ4v) is 1.70. The quantitative estimate of drug-likeness (QED) is 0.807. The van der Waals surface area contributed by atoms with Crippen LogP contribution in [-0.2, 0) is 0 Å². The zero-order valence-corrected chi connectivity index (χ0v) is 11.1. The van der Waals surface area contributed by atoms with Gasteiger partial charge in [0.15, 0.2) is 10.4 Å². The molecule has 0 saturated heterocycles. The molecular formula is C12H9BrN2O4. The Morgan fingerprint density at radius 1 is 1.00 bits per heavy atom. The van der Waals surface area contributed by atoms with Gasteiger partial charge in [-0.25, -0.2) is 4.79 Å². The molecule has 7 heteroatoms. The Balaban J connectivity index is 2.03. The van der Waals surface area contributed by atoms with Crippen LogP contribution < -0.4 is 10.6 Å². The summed E-state index contributed by atoms with van der Waals surface area (Å²) >= 11 is 3.11. The SMILES string of the molecule is O=C(O)Nc1ccc(NC(=O)c2ccc(Br)o2)cc1. The second kappa shape index (κ2) is 5.57. The highest BCUT2D eigenvalue weighted by atomic mass is 79.9. The van der Waals surface area contributed by atoms with Crippen LogP contribution in [0.2, 0.25) is 0 Å². The summed E-state index contributed by atoms with van der Waals surface area (Å²) in [6.07, 6.45) is -1.14. The van der Waals surface area contributed by atoms with Crippen LogP contribution in [0.5, 0.6) is 0 Å². The lowest BCUT2D eigenvalue weighted by Gasteiger charge is -2.05. The van der Waals surface area contributed by atoms with Crippen molar-refractivity contribution in [2.24, 2.45) is 0 Å². The number of carbonyl (C=O) groups excluding carboxylic acids is 1. The van der Waals surface area contributed by atoms with E-state index in [2.05, 4.69) is 26.6 Å². The topological polar surface area (TPSA) is 91.6 Å². The second-order valence-electron chi connectivity index (χ2n) is 3.57. The average molecular weight is 325 g/mol. The van der Waals surface area contributed by atoms with Crippen molar-refractivity contribution >= 4 is 39.3 Å². The van der Waals surface area contributed by atoms with Crippen molar-refractivity contribution in [2.75, 3.05) is 10.6 Å². The molecule has 1 aromatic heterocycles. The van der Waals surface area contributed by atoms with Gasteiger partial charge in [-0.15, -0.1) is 0 Å².